The van der Waals surface area contributed by atoms with Gasteiger partial charge in [-0.25, -0.2) is 4.79 Å². The smallest absolute Gasteiger partial charge is 0.338 e. The second-order valence-corrected chi connectivity index (χ2v) is 5.17. The molecule has 2 aromatic rings. The van der Waals surface area contributed by atoms with Crippen LogP contribution in [0.25, 0.3) is 0 Å². The minimum absolute atomic E-state index is 0.270. The van der Waals surface area contributed by atoms with Gasteiger partial charge in [0.05, 0.1) is 17.2 Å². The Balaban J connectivity index is 1.54. The number of benzene rings is 2. The normalized spacial score (nSPS) is 12.0. The number of anilines is 1. The quantitative estimate of drug-likeness (QED) is 0.858. The van der Waals surface area contributed by atoms with Gasteiger partial charge in [-0.05, 0) is 36.4 Å². The van der Waals surface area contributed by atoms with Gasteiger partial charge < -0.3 is 19.5 Å². The van der Waals surface area contributed by atoms with Crippen LogP contribution in [0, 0.1) is 11.3 Å². The Morgan fingerprint density at radius 2 is 1.80 bits per heavy atom. The van der Waals surface area contributed by atoms with Crippen molar-refractivity contribution in [2.24, 2.45) is 0 Å². The van der Waals surface area contributed by atoms with Crippen LogP contribution in [-0.2, 0) is 9.53 Å². The molecule has 0 spiro atoms. The fourth-order valence-electron chi connectivity index (χ4n) is 2.21. The number of nitrogens with one attached hydrogen (secondary N) is 1. The number of nitriles is 1. The van der Waals surface area contributed by atoms with Gasteiger partial charge in [0, 0.05) is 11.8 Å². The Labute approximate surface area is 143 Å². The van der Waals surface area contributed by atoms with Gasteiger partial charge in [-0.1, -0.05) is 0 Å². The largest absolute Gasteiger partial charge is 0.486 e. The highest BCUT2D eigenvalue weighted by molar-refractivity contribution is 5.95. The van der Waals surface area contributed by atoms with E-state index in [9.17, 15) is 9.59 Å². The summed E-state index contributed by atoms with van der Waals surface area (Å²) in [7, 11) is 0. The van der Waals surface area contributed by atoms with Crippen molar-refractivity contribution < 1.29 is 23.8 Å². The molecule has 1 aliphatic rings. The topological polar surface area (TPSA) is 97.7 Å². The molecule has 7 nitrogen and oxygen atoms in total. The van der Waals surface area contributed by atoms with Crippen molar-refractivity contribution in [2.45, 2.75) is 0 Å². The molecule has 7 heteroatoms. The molecule has 1 amide bonds. The standard InChI is InChI=1S/C18H14N2O5/c19-10-12-1-3-13(4-2-12)18(22)25-11-17(21)20-14-5-6-15-16(9-14)24-8-7-23-15/h1-6,9H,7-8,11H2,(H,20,21). The van der Waals surface area contributed by atoms with E-state index in [1.165, 1.54) is 24.3 Å². The van der Waals surface area contributed by atoms with Crippen LogP contribution < -0.4 is 14.8 Å². The van der Waals surface area contributed by atoms with E-state index in [0.29, 0.717) is 36.0 Å². The number of carbonyl (C=O) groups excluding carboxylic acids is 2. The van der Waals surface area contributed by atoms with Gasteiger partial charge >= 0.3 is 5.97 Å². The third kappa shape index (κ3) is 4.06. The number of hydrogen-bond donors (Lipinski definition) is 1. The first-order chi connectivity index (χ1) is 12.2. The van der Waals surface area contributed by atoms with Crippen LogP contribution >= 0.6 is 0 Å². The van der Waals surface area contributed by atoms with Crippen LogP contribution in [0.5, 0.6) is 11.5 Å². The van der Waals surface area contributed by atoms with Crippen molar-refractivity contribution in [3.05, 3.63) is 53.6 Å². The number of esters is 1. The molecule has 126 valence electrons. The highest BCUT2D eigenvalue weighted by atomic mass is 16.6. The summed E-state index contributed by atoms with van der Waals surface area (Å²) in [5, 5.41) is 11.3. The lowest BCUT2D eigenvalue weighted by Gasteiger charge is -2.19. The predicted octanol–water partition coefficient (Wildman–Crippen LogP) is 2.12. The lowest BCUT2D eigenvalue weighted by molar-refractivity contribution is -0.119. The zero-order chi connectivity index (χ0) is 17.6. The Morgan fingerprint density at radius 3 is 2.52 bits per heavy atom. The fourth-order valence-corrected chi connectivity index (χ4v) is 2.21. The zero-order valence-corrected chi connectivity index (χ0v) is 13.2. The predicted molar refractivity (Wildman–Crippen MR) is 87.5 cm³/mol. The highest BCUT2D eigenvalue weighted by Gasteiger charge is 2.14. The van der Waals surface area contributed by atoms with Crippen LogP contribution in [0.15, 0.2) is 42.5 Å². The third-order valence-corrected chi connectivity index (χ3v) is 3.41. The molecule has 0 aromatic heterocycles. The number of hydrogen-bond acceptors (Lipinski definition) is 6. The van der Waals surface area contributed by atoms with E-state index in [-0.39, 0.29) is 5.56 Å². The first kappa shape index (κ1) is 16.3. The Hall–Kier alpha value is -3.53. The fraction of sp³-hybridized carbons (Fsp3) is 0.167. The molecule has 0 atom stereocenters. The maximum absolute atomic E-state index is 11.9. The van der Waals surface area contributed by atoms with Gasteiger partial charge in [-0.2, -0.15) is 5.26 Å². The number of ether oxygens (including phenoxy) is 3. The molecule has 2 aromatic carbocycles. The summed E-state index contributed by atoms with van der Waals surface area (Å²) in [5.41, 5.74) is 1.22. The van der Waals surface area contributed by atoms with Crippen LogP contribution in [0.4, 0.5) is 5.69 Å². The summed E-state index contributed by atoms with van der Waals surface area (Å²) in [5.74, 6) is 0.0654. The Kier molecular flexibility index (Phi) is 4.81. The van der Waals surface area contributed by atoms with Gasteiger partial charge in [0.2, 0.25) is 0 Å². The lowest BCUT2D eigenvalue weighted by Crippen LogP contribution is -2.21. The SMILES string of the molecule is N#Cc1ccc(C(=O)OCC(=O)Nc2ccc3c(c2)OCCO3)cc1. The molecule has 0 fully saturated rings. The Morgan fingerprint density at radius 1 is 1.08 bits per heavy atom. The third-order valence-electron chi connectivity index (χ3n) is 3.41. The van der Waals surface area contributed by atoms with Gasteiger partial charge in [0.25, 0.3) is 5.91 Å². The van der Waals surface area contributed by atoms with E-state index in [1.54, 1.807) is 18.2 Å². The van der Waals surface area contributed by atoms with Crippen molar-refractivity contribution in [3.8, 4) is 17.6 Å². The van der Waals surface area contributed by atoms with Crippen LogP contribution in [0.2, 0.25) is 0 Å². The summed E-state index contributed by atoms with van der Waals surface area (Å²) in [4.78, 5) is 23.8. The summed E-state index contributed by atoms with van der Waals surface area (Å²) in [6.45, 7) is 0.518. The van der Waals surface area contributed by atoms with E-state index >= 15 is 0 Å². The Bertz CT molecular complexity index is 840. The molecule has 0 radical (unpaired) electrons. The van der Waals surface area contributed by atoms with Crippen molar-refractivity contribution in [1.29, 1.82) is 5.26 Å². The average molecular weight is 338 g/mol. The van der Waals surface area contributed by atoms with Crippen molar-refractivity contribution >= 4 is 17.6 Å². The molecule has 1 N–H and O–H groups in total. The molecular formula is C18H14N2O5. The molecule has 25 heavy (non-hydrogen) atoms. The van der Waals surface area contributed by atoms with Gasteiger partial charge in [0.15, 0.2) is 18.1 Å². The number of rotatable bonds is 4. The number of fused-ring (bicyclic) bond motifs is 1. The molecule has 1 aliphatic heterocycles. The van der Waals surface area contributed by atoms with Crippen LogP contribution in [0.1, 0.15) is 15.9 Å². The lowest BCUT2D eigenvalue weighted by atomic mass is 10.1. The van der Waals surface area contributed by atoms with Gasteiger partial charge in [0.1, 0.15) is 13.2 Å². The van der Waals surface area contributed by atoms with Crippen molar-refractivity contribution in [2.75, 3.05) is 25.1 Å². The second kappa shape index (κ2) is 7.36. The molecule has 0 saturated heterocycles. The van der Waals surface area contributed by atoms with Gasteiger partial charge in [-0.3, -0.25) is 4.79 Å². The van der Waals surface area contributed by atoms with Gasteiger partial charge in [-0.15, -0.1) is 0 Å². The molecular weight excluding hydrogens is 324 g/mol. The van der Waals surface area contributed by atoms with Crippen LogP contribution in [-0.4, -0.2) is 31.7 Å². The maximum Gasteiger partial charge on any atom is 0.338 e. The minimum atomic E-state index is -0.637. The molecule has 0 aliphatic carbocycles. The maximum atomic E-state index is 11.9. The number of amides is 1. The molecule has 1 heterocycles. The number of carbonyl (C=O) groups is 2. The minimum Gasteiger partial charge on any atom is -0.486 e. The van der Waals surface area contributed by atoms with Crippen LogP contribution in [0.3, 0.4) is 0 Å². The monoisotopic (exact) mass is 338 g/mol. The van der Waals surface area contributed by atoms with Crippen molar-refractivity contribution in [1.82, 2.24) is 0 Å². The van der Waals surface area contributed by atoms with Crippen molar-refractivity contribution in [3.63, 3.8) is 0 Å². The average Bonchev–Trinajstić information content (AvgIpc) is 2.66. The summed E-state index contributed by atoms with van der Waals surface area (Å²) < 4.78 is 15.8. The zero-order valence-electron chi connectivity index (χ0n) is 13.2. The summed E-state index contributed by atoms with van der Waals surface area (Å²) in [6, 6.07) is 12.9. The van der Waals surface area contributed by atoms with E-state index in [1.807, 2.05) is 6.07 Å². The highest BCUT2D eigenvalue weighted by Crippen LogP contribution is 2.32. The first-order valence-corrected chi connectivity index (χ1v) is 7.52. The second-order valence-electron chi connectivity index (χ2n) is 5.17. The first-order valence-electron chi connectivity index (χ1n) is 7.52. The summed E-state index contributed by atoms with van der Waals surface area (Å²) >= 11 is 0. The molecule has 0 bridgehead atoms. The summed E-state index contributed by atoms with van der Waals surface area (Å²) in [6.07, 6.45) is 0. The van der Waals surface area contributed by atoms with E-state index in [2.05, 4.69) is 5.32 Å². The van der Waals surface area contributed by atoms with E-state index in [0.717, 1.165) is 0 Å². The molecule has 0 unspecified atom stereocenters. The van der Waals surface area contributed by atoms with E-state index < -0.39 is 18.5 Å². The number of nitrogens with zero attached hydrogens (tertiary/aromatic N) is 1. The van der Waals surface area contributed by atoms with E-state index in [4.69, 9.17) is 19.5 Å². The molecule has 0 saturated carbocycles. The molecule has 3 rings (SSSR count).